The maximum absolute atomic E-state index is 9.99. The molecular weight excluding hydrogens is 165 g/mol. The molecule has 1 N–H and O–H groups in total. The molecule has 0 aromatic carbocycles. The van der Waals surface area contributed by atoms with E-state index in [4.69, 9.17) is 0 Å². The smallest absolute Gasteiger partial charge is 0.550 e. The molecule has 0 aliphatic heterocycles. The average molecular weight is 179 g/mol. The molecule has 0 aromatic rings. The van der Waals surface area contributed by atoms with Crippen molar-refractivity contribution in [2.24, 2.45) is 0 Å². The molecule has 1 aliphatic rings. The van der Waals surface area contributed by atoms with Gasteiger partial charge in [-0.25, -0.2) is 0 Å². The first-order valence-corrected chi connectivity index (χ1v) is 4.22. The molecule has 1 saturated carbocycles. The Labute approximate surface area is 95.2 Å². The molecule has 1 aliphatic carbocycles. The van der Waals surface area contributed by atoms with Gasteiger partial charge in [-0.2, -0.15) is 0 Å². The van der Waals surface area contributed by atoms with Crippen molar-refractivity contribution in [3.63, 3.8) is 0 Å². The van der Waals surface area contributed by atoms with Gasteiger partial charge in [-0.15, -0.1) is 0 Å². The molecule has 0 aromatic heterocycles. The second kappa shape index (κ2) is 6.89. The summed E-state index contributed by atoms with van der Waals surface area (Å²) in [6.07, 6.45) is 4.70. The summed E-state index contributed by atoms with van der Waals surface area (Å²) in [6.45, 7) is 0.818. The Morgan fingerprint density at radius 2 is 2.17 bits per heavy atom. The first kappa shape index (κ1) is 12.4. The summed E-state index contributed by atoms with van der Waals surface area (Å²) in [5.41, 5.74) is 0. The normalized spacial score (nSPS) is 16.3. The van der Waals surface area contributed by atoms with Crippen LogP contribution in [0.15, 0.2) is 0 Å². The van der Waals surface area contributed by atoms with Gasteiger partial charge in [-0.1, -0.05) is 6.42 Å². The number of rotatable bonds is 5. The molecule has 64 valence electrons. The molecule has 12 heavy (non-hydrogen) atoms. The van der Waals surface area contributed by atoms with E-state index in [2.05, 4.69) is 5.32 Å². The molecule has 0 amide bonds. The van der Waals surface area contributed by atoms with Crippen LogP contribution >= 0.6 is 0 Å². The second-order valence-electron chi connectivity index (χ2n) is 3.06. The van der Waals surface area contributed by atoms with Gasteiger partial charge in [0.05, 0.1) is 0 Å². The molecule has 0 unspecified atom stereocenters. The van der Waals surface area contributed by atoms with Gasteiger partial charge in [-0.05, 0) is 32.2 Å². The first-order chi connectivity index (χ1) is 5.29. The number of nitrogens with one attached hydrogen (secondary N) is 1. The van der Waals surface area contributed by atoms with Crippen molar-refractivity contribution in [3.05, 3.63) is 0 Å². The zero-order chi connectivity index (χ0) is 8.10. The van der Waals surface area contributed by atoms with Crippen LogP contribution in [-0.4, -0.2) is 18.6 Å². The predicted octanol–water partition coefficient (Wildman–Crippen LogP) is -3.34. The standard InChI is InChI=1S/C8H15NO2.Na/c10-8(11)5-2-6-9-7-3-1-4-7;/h7,9H,1-6H2,(H,10,11);/q;+1/p-1. The van der Waals surface area contributed by atoms with Gasteiger partial charge in [0, 0.05) is 12.0 Å². The monoisotopic (exact) mass is 179 g/mol. The van der Waals surface area contributed by atoms with Crippen LogP contribution in [0.4, 0.5) is 0 Å². The Bertz CT molecular complexity index is 137. The zero-order valence-electron chi connectivity index (χ0n) is 7.64. The molecule has 1 fully saturated rings. The molecule has 0 spiro atoms. The fourth-order valence-electron chi connectivity index (χ4n) is 1.15. The van der Waals surface area contributed by atoms with E-state index < -0.39 is 5.97 Å². The summed E-state index contributed by atoms with van der Waals surface area (Å²) in [5, 5.41) is 13.3. The van der Waals surface area contributed by atoms with Crippen LogP contribution in [0, 0.1) is 0 Å². The van der Waals surface area contributed by atoms with E-state index in [1.165, 1.54) is 19.3 Å². The van der Waals surface area contributed by atoms with E-state index in [1.54, 1.807) is 0 Å². The Morgan fingerprint density at radius 1 is 1.50 bits per heavy atom. The van der Waals surface area contributed by atoms with E-state index in [0.717, 1.165) is 6.54 Å². The van der Waals surface area contributed by atoms with E-state index in [0.29, 0.717) is 12.5 Å². The summed E-state index contributed by atoms with van der Waals surface area (Å²) in [5.74, 6) is -0.944. The van der Waals surface area contributed by atoms with Crippen LogP contribution in [0.1, 0.15) is 32.1 Å². The van der Waals surface area contributed by atoms with E-state index in [-0.39, 0.29) is 36.0 Å². The maximum Gasteiger partial charge on any atom is 1.00 e. The van der Waals surface area contributed by atoms with Gasteiger partial charge in [0.15, 0.2) is 0 Å². The van der Waals surface area contributed by atoms with Crippen LogP contribution in [0.25, 0.3) is 0 Å². The van der Waals surface area contributed by atoms with Gasteiger partial charge >= 0.3 is 29.6 Å². The van der Waals surface area contributed by atoms with E-state index in [1.807, 2.05) is 0 Å². The van der Waals surface area contributed by atoms with Crippen molar-refractivity contribution in [2.75, 3.05) is 6.54 Å². The van der Waals surface area contributed by atoms with Gasteiger partial charge in [0.2, 0.25) is 0 Å². The molecule has 0 heterocycles. The molecule has 0 radical (unpaired) electrons. The number of aliphatic carboxylic acids is 1. The fraction of sp³-hybridized carbons (Fsp3) is 0.875. The van der Waals surface area contributed by atoms with Gasteiger partial charge in [-0.3, -0.25) is 0 Å². The van der Waals surface area contributed by atoms with Gasteiger partial charge in [0.25, 0.3) is 0 Å². The summed E-state index contributed by atoms with van der Waals surface area (Å²) in [4.78, 5) is 9.99. The summed E-state index contributed by atoms with van der Waals surface area (Å²) < 4.78 is 0. The largest absolute Gasteiger partial charge is 1.00 e. The molecule has 0 saturated heterocycles. The molecule has 4 heteroatoms. The Balaban J connectivity index is 0.00000121. The molecule has 3 nitrogen and oxygen atoms in total. The predicted molar refractivity (Wildman–Crippen MR) is 39.9 cm³/mol. The SMILES string of the molecule is O=C([O-])CCCNC1CCC1.[Na+]. The van der Waals surface area contributed by atoms with Crippen molar-refractivity contribution in [2.45, 2.75) is 38.1 Å². The third kappa shape index (κ3) is 5.14. The van der Waals surface area contributed by atoms with Crippen LogP contribution in [-0.2, 0) is 4.79 Å². The first-order valence-electron chi connectivity index (χ1n) is 4.22. The molecule has 0 atom stereocenters. The Kier molecular flexibility index (Phi) is 7.14. The zero-order valence-corrected chi connectivity index (χ0v) is 9.64. The van der Waals surface area contributed by atoms with Crippen molar-refractivity contribution < 1.29 is 39.5 Å². The van der Waals surface area contributed by atoms with Crippen LogP contribution < -0.4 is 40.0 Å². The number of carboxylic acids is 1. The minimum atomic E-state index is -0.944. The van der Waals surface area contributed by atoms with Crippen LogP contribution in [0.2, 0.25) is 0 Å². The summed E-state index contributed by atoms with van der Waals surface area (Å²) >= 11 is 0. The van der Waals surface area contributed by atoms with E-state index in [9.17, 15) is 9.90 Å². The van der Waals surface area contributed by atoms with E-state index >= 15 is 0 Å². The molecule has 1 rings (SSSR count). The van der Waals surface area contributed by atoms with Gasteiger partial charge < -0.3 is 15.2 Å². The number of carbonyl (C=O) groups is 1. The van der Waals surface area contributed by atoms with Crippen LogP contribution in [0.3, 0.4) is 0 Å². The van der Waals surface area contributed by atoms with Gasteiger partial charge in [0.1, 0.15) is 0 Å². The Morgan fingerprint density at radius 3 is 2.58 bits per heavy atom. The van der Waals surface area contributed by atoms with Crippen molar-refractivity contribution in [1.82, 2.24) is 5.32 Å². The summed E-state index contributed by atoms with van der Waals surface area (Å²) in [6, 6.07) is 0.664. The van der Waals surface area contributed by atoms with Crippen molar-refractivity contribution in [1.29, 1.82) is 0 Å². The second-order valence-corrected chi connectivity index (χ2v) is 3.06. The maximum atomic E-state index is 9.99. The van der Waals surface area contributed by atoms with Crippen molar-refractivity contribution >= 4 is 5.97 Å². The van der Waals surface area contributed by atoms with Crippen LogP contribution in [0.5, 0.6) is 0 Å². The molecular formula is C8H14NNaO2. The fourth-order valence-corrected chi connectivity index (χ4v) is 1.15. The average Bonchev–Trinajstić information content (AvgIpc) is 1.82. The quantitative estimate of drug-likeness (QED) is 0.354. The number of carboxylic acid groups (broad SMARTS) is 1. The summed E-state index contributed by atoms with van der Waals surface area (Å²) in [7, 11) is 0. The number of hydrogen-bond acceptors (Lipinski definition) is 3. The minimum absolute atomic E-state index is 0. The topological polar surface area (TPSA) is 52.2 Å². The van der Waals surface area contributed by atoms with Crippen molar-refractivity contribution in [3.8, 4) is 0 Å². The minimum Gasteiger partial charge on any atom is -0.550 e. The number of hydrogen-bond donors (Lipinski definition) is 1. The Hall–Kier alpha value is 0.430. The third-order valence-corrected chi connectivity index (χ3v) is 2.10. The molecule has 0 bridgehead atoms. The number of carbonyl (C=O) groups excluding carboxylic acids is 1. The third-order valence-electron chi connectivity index (χ3n) is 2.10.